The van der Waals surface area contributed by atoms with Gasteiger partial charge in [0.1, 0.15) is 17.1 Å². The lowest BCUT2D eigenvalue weighted by atomic mass is 9.87. The van der Waals surface area contributed by atoms with E-state index in [-0.39, 0.29) is 11.6 Å². The summed E-state index contributed by atoms with van der Waals surface area (Å²) >= 11 is 0. The molecule has 5 nitrogen and oxygen atoms in total. The SMILES string of the molecule is Cc1c(C)c2c(c(C)c1O)CC[C@@](C)(C(=O)OC(C)(C)CCOC(C)(C)C)O2. The van der Waals surface area contributed by atoms with Gasteiger partial charge in [-0.25, -0.2) is 4.79 Å². The summed E-state index contributed by atoms with van der Waals surface area (Å²) in [6.45, 7) is 17.8. The van der Waals surface area contributed by atoms with Crippen molar-refractivity contribution in [2.24, 2.45) is 0 Å². The first-order valence-electron chi connectivity index (χ1n) is 10.0. The van der Waals surface area contributed by atoms with E-state index in [4.69, 9.17) is 14.2 Å². The van der Waals surface area contributed by atoms with Crippen LogP contribution in [0.1, 0.15) is 76.6 Å². The molecule has 1 atom stereocenters. The maximum absolute atomic E-state index is 13.0. The highest BCUT2D eigenvalue weighted by Gasteiger charge is 2.44. The Hall–Kier alpha value is -1.75. The average molecular weight is 393 g/mol. The molecule has 0 saturated carbocycles. The number of phenols is 1. The molecule has 158 valence electrons. The standard InChI is InChI=1S/C23H36O5/c1-14-15(2)19-17(16(3)18(14)24)10-11-23(9,27-19)20(25)28-22(7,8)12-13-26-21(4,5)6/h24H,10-13H2,1-9H3/t23-/m0/s1. The van der Waals surface area contributed by atoms with Gasteiger partial charge in [0.25, 0.3) is 0 Å². The van der Waals surface area contributed by atoms with Gasteiger partial charge in [-0.05, 0) is 85.4 Å². The number of hydrogen-bond donors (Lipinski definition) is 1. The van der Waals surface area contributed by atoms with Gasteiger partial charge >= 0.3 is 5.97 Å². The summed E-state index contributed by atoms with van der Waals surface area (Å²) < 4.78 is 17.8. The van der Waals surface area contributed by atoms with Crippen molar-refractivity contribution in [3.8, 4) is 11.5 Å². The van der Waals surface area contributed by atoms with Crippen LogP contribution < -0.4 is 4.74 Å². The predicted octanol–water partition coefficient (Wildman–Crippen LogP) is 4.93. The molecule has 0 aliphatic carbocycles. The summed E-state index contributed by atoms with van der Waals surface area (Å²) in [4.78, 5) is 13.0. The normalized spacial score (nSPS) is 19.8. The van der Waals surface area contributed by atoms with Gasteiger partial charge in [-0.1, -0.05) is 0 Å². The number of carbonyl (C=O) groups excluding carboxylic acids is 1. The van der Waals surface area contributed by atoms with Crippen molar-refractivity contribution in [1.29, 1.82) is 0 Å². The zero-order valence-electron chi connectivity index (χ0n) is 18.9. The summed E-state index contributed by atoms with van der Waals surface area (Å²) in [6.07, 6.45) is 1.78. The fraction of sp³-hybridized carbons (Fsp3) is 0.696. The third-order valence-corrected chi connectivity index (χ3v) is 5.56. The van der Waals surface area contributed by atoms with E-state index in [0.29, 0.717) is 37.4 Å². The van der Waals surface area contributed by atoms with Crippen LogP contribution in [0.2, 0.25) is 0 Å². The van der Waals surface area contributed by atoms with Crippen LogP contribution in [0.15, 0.2) is 0 Å². The van der Waals surface area contributed by atoms with Crippen LogP contribution in [0, 0.1) is 20.8 Å². The highest BCUT2D eigenvalue weighted by Crippen LogP contribution is 2.43. The summed E-state index contributed by atoms with van der Waals surface area (Å²) in [5.74, 6) is 0.653. The van der Waals surface area contributed by atoms with E-state index in [1.807, 2.05) is 55.4 Å². The van der Waals surface area contributed by atoms with Crippen LogP contribution in [0.4, 0.5) is 0 Å². The van der Waals surface area contributed by atoms with Crippen LogP contribution >= 0.6 is 0 Å². The van der Waals surface area contributed by atoms with Crippen LogP contribution in [0.5, 0.6) is 11.5 Å². The Balaban J connectivity index is 2.15. The van der Waals surface area contributed by atoms with Crippen LogP contribution in [-0.4, -0.2) is 34.5 Å². The first-order valence-corrected chi connectivity index (χ1v) is 10.0. The van der Waals surface area contributed by atoms with E-state index < -0.39 is 11.2 Å². The van der Waals surface area contributed by atoms with Gasteiger partial charge in [0.05, 0.1) is 12.2 Å². The molecule has 0 unspecified atom stereocenters. The fourth-order valence-corrected chi connectivity index (χ4v) is 3.40. The number of phenolic OH excluding ortho intramolecular Hbond substituents is 1. The summed E-state index contributed by atoms with van der Waals surface area (Å²) in [5, 5.41) is 10.3. The maximum atomic E-state index is 13.0. The molecule has 0 radical (unpaired) electrons. The number of aromatic hydroxyl groups is 1. The minimum absolute atomic E-state index is 0.221. The molecule has 0 bridgehead atoms. The van der Waals surface area contributed by atoms with E-state index >= 15 is 0 Å². The van der Waals surface area contributed by atoms with Crippen molar-refractivity contribution in [2.75, 3.05) is 6.61 Å². The van der Waals surface area contributed by atoms with Crippen molar-refractivity contribution >= 4 is 5.97 Å². The van der Waals surface area contributed by atoms with Crippen molar-refractivity contribution in [2.45, 2.75) is 98.4 Å². The molecule has 0 spiro atoms. The molecule has 1 aliphatic rings. The number of rotatable bonds is 5. The van der Waals surface area contributed by atoms with Gasteiger partial charge in [-0.2, -0.15) is 0 Å². The molecule has 0 amide bonds. The highest BCUT2D eigenvalue weighted by atomic mass is 16.6. The number of ether oxygens (including phenoxy) is 3. The van der Waals surface area contributed by atoms with E-state index in [2.05, 4.69) is 0 Å². The Morgan fingerprint density at radius 3 is 2.29 bits per heavy atom. The molecular formula is C23H36O5. The zero-order valence-corrected chi connectivity index (χ0v) is 18.9. The molecule has 1 aromatic carbocycles. The number of carbonyl (C=O) groups is 1. The summed E-state index contributed by atoms with van der Waals surface area (Å²) in [6, 6.07) is 0. The third-order valence-electron chi connectivity index (χ3n) is 5.56. The molecule has 1 heterocycles. The van der Waals surface area contributed by atoms with Crippen LogP contribution in [0.3, 0.4) is 0 Å². The van der Waals surface area contributed by atoms with Gasteiger partial charge in [-0.3, -0.25) is 0 Å². The second-order valence-electron chi connectivity index (χ2n) is 9.72. The lowest BCUT2D eigenvalue weighted by Gasteiger charge is -2.38. The Morgan fingerprint density at radius 2 is 1.71 bits per heavy atom. The van der Waals surface area contributed by atoms with Gasteiger partial charge < -0.3 is 19.3 Å². The Kier molecular flexibility index (Phi) is 6.10. The molecule has 1 aromatic rings. The molecule has 0 fully saturated rings. The molecule has 0 saturated heterocycles. The van der Waals surface area contributed by atoms with Gasteiger partial charge in [0.2, 0.25) is 5.60 Å². The van der Waals surface area contributed by atoms with E-state index in [1.54, 1.807) is 6.92 Å². The molecule has 1 N–H and O–H groups in total. The smallest absolute Gasteiger partial charge is 0.350 e. The third kappa shape index (κ3) is 4.80. The number of esters is 1. The Labute approximate surface area is 169 Å². The fourth-order valence-electron chi connectivity index (χ4n) is 3.40. The minimum atomic E-state index is -1.05. The monoisotopic (exact) mass is 392 g/mol. The largest absolute Gasteiger partial charge is 0.507 e. The number of benzene rings is 1. The molecular weight excluding hydrogens is 356 g/mol. The second-order valence-corrected chi connectivity index (χ2v) is 9.72. The second kappa shape index (κ2) is 7.58. The zero-order chi connectivity index (χ0) is 21.5. The lowest BCUT2D eigenvalue weighted by molar-refractivity contribution is -0.177. The van der Waals surface area contributed by atoms with Crippen molar-refractivity contribution in [3.05, 3.63) is 22.3 Å². The number of fused-ring (bicyclic) bond motifs is 1. The quantitative estimate of drug-likeness (QED) is 0.720. The average Bonchev–Trinajstić information content (AvgIpc) is 2.56. The van der Waals surface area contributed by atoms with Gasteiger partial charge in [0.15, 0.2) is 0 Å². The molecule has 28 heavy (non-hydrogen) atoms. The van der Waals surface area contributed by atoms with Gasteiger partial charge in [-0.15, -0.1) is 0 Å². The number of hydrogen-bond acceptors (Lipinski definition) is 5. The lowest BCUT2D eigenvalue weighted by Crippen LogP contribution is -2.49. The molecule has 1 aliphatic heterocycles. The minimum Gasteiger partial charge on any atom is -0.507 e. The first-order chi connectivity index (χ1) is 12.7. The maximum Gasteiger partial charge on any atom is 0.350 e. The summed E-state index contributed by atoms with van der Waals surface area (Å²) in [5.41, 5.74) is 1.54. The van der Waals surface area contributed by atoms with Crippen molar-refractivity contribution in [1.82, 2.24) is 0 Å². The van der Waals surface area contributed by atoms with E-state index in [0.717, 1.165) is 22.3 Å². The van der Waals surface area contributed by atoms with Crippen molar-refractivity contribution in [3.63, 3.8) is 0 Å². The predicted molar refractivity (Wildman–Crippen MR) is 110 cm³/mol. The van der Waals surface area contributed by atoms with Crippen LogP contribution in [-0.2, 0) is 20.7 Å². The van der Waals surface area contributed by atoms with Gasteiger partial charge in [0, 0.05) is 18.4 Å². The molecule has 2 rings (SSSR count). The Morgan fingerprint density at radius 1 is 1.11 bits per heavy atom. The molecule has 5 heteroatoms. The van der Waals surface area contributed by atoms with Crippen LogP contribution in [0.25, 0.3) is 0 Å². The van der Waals surface area contributed by atoms with E-state index in [9.17, 15) is 9.90 Å². The van der Waals surface area contributed by atoms with Crippen molar-refractivity contribution < 1.29 is 24.1 Å². The Bertz CT molecular complexity index is 757. The first kappa shape index (κ1) is 22.5. The topological polar surface area (TPSA) is 65.0 Å². The molecule has 0 aromatic heterocycles. The summed E-state index contributed by atoms with van der Waals surface area (Å²) in [7, 11) is 0. The highest BCUT2D eigenvalue weighted by molar-refractivity contribution is 5.81. The van der Waals surface area contributed by atoms with E-state index in [1.165, 1.54) is 0 Å².